The van der Waals surface area contributed by atoms with Crippen LogP contribution >= 0.6 is 0 Å². The predicted molar refractivity (Wildman–Crippen MR) is 77.1 cm³/mol. The molecule has 0 aromatic carbocycles. The van der Waals surface area contributed by atoms with Crippen LogP contribution in [0.5, 0.6) is 0 Å². The highest BCUT2D eigenvalue weighted by Crippen LogP contribution is 2.18. The van der Waals surface area contributed by atoms with Crippen molar-refractivity contribution >= 4 is 5.82 Å². The second-order valence-corrected chi connectivity index (χ2v) is 5.58. The summed E-state index contributed by atoms with van der Waals surface area (Å²) in [6.45, 7) is 8.84. The summed E-state index contributed by atoms with van der Waals surface area (Å²) in [4.78, 5) is 6.94. The van der Waals surface area contributed by atoms with Crippen LogP contribution in [0.3, 0.4) is 0 Å². The molecule has 18 heavy (non-hydrogen) atoms. The van der Waals surface area contributed by atoms with Gasteiger partial charge in [0.2, 0.25) is 0 Å². The number of aromatic nitrogens is 1. The Hall–Kier alpha value is -1.09. The minimum atomic E-state index is 0.489. The van der Waals surface area contributed by atoms with Crippen LogP contribution < -0.4 is 10.2 Å². The number of hydrogen-bond donors (Lipinski definition) is 1. The average molecular weight is 247 g/mol. The van der Waals surface area contributed by atoms with Gasteiger partial charge >= 0.3 is 0 Å². The Morgan fingerprint density at radius 1 is 1.44 bits per heavy atom. The molecule has 1 unspecified atom stereocenters. The topological polar surface area (TPSA) is 28.2 Å². The Morgan fingerprint density at radius 2 is 2.28 bits per heavy atom. The van der Waals surface area contributed by atoms with Crippen molar-refractivity contribution in [3.63, 3.8) is 0 Å². The molecule has 1 aliphatic heterocycles. The van der Waals surface area contributed by atoms with Crippen molar-refractivity contribution in [2.45, 2.75) is 52.1 Å². The van der Waals surface area contributed by atoms with E-state index < -0.39 is 0 Å². The van der Waals surface area contributed by atoms with E-state index in [4.69, 9.17) is 0 Å². The van der Waals surface area contributed by atoms with Crippen LogP contribution in [0.15, 0.2) is 18.3 Å². The van der Waals surface area contributed by atoms with E-state index >= 15 is 0 Å². The minimum Gasteiger partial charge on any atom is -0.353 e. The third-order valence-corrected chi connectivity index (χ3v) is 3.65. The van der Waals surface area contributed by atoms with E-state index in [1.54, 1.807) is 0 Å². The number of piperidine rings is 1. The van der Waals surface area contributed by atoms with Crippen molar-refractivity contribution in [2.24, 2.45) is 0 Å². The molecule has 2 rings (SSSR count). The maximum absolute atomic E-state index is 4.52. The van der Waals surface area contributed by atoms with Gasteiger partial charge in [0.15, 0.2) is 0 Å². The second kappa shape index (κ2) is 6.19. The molecule has 1 fully saturated rings. The Labute approximate surface area is 111 Å². The van der Waals surface area contributed by atoms with Gasteiger partial charge in [-0.1, -0.05) is 6.42 Å². The molecule has 1 aliphatic rings. The highest BCUT2D eigenvalue weighted by molar-refractivity contribution is 5.41. The van der Waals surface area contributed by atoms with Crippen molar-refractivity contribution in [1.29, 1.82) is 0 Å². The smallest absolute Gasteiger partial charge is 0.129 e. The molecular weight excluding hydrogens is 222 g/mol. The van der Waals surface area contributed by atoms with Crippen molar-refractivity contribution in [2.75, 3.05) is 18.0 Å². The maximum Gasteiger partial charge on any atom is 0.129 e. The number of anilines is 1. The van der Waals surface area contributed by atoms with E-state index in [1.165, 1.54) is 24.8 Å². The van der Waals surface area contributed by atoms with Crippen LogP contribution in [0.25, 0.3) is 0 Å². The number of aryl methyl sites for hydroxylation is 1. The Kier molecular flexibility index (Phi) is 4.59. The second-order valence-electron chi connectivity index (χ2n) is 5.58. The fourth-order valence-electron chi connectivity index (χ4n) is 2.56. The van der Waals surface area contributed by atoms with Crippen LogP contribution in [0.2, 0.25) is 0 Å². The molecule has 1 aromatic heterocycles. The van der Waals surface area contributed by atoms with Crippen molar-refractivity contribution in [3.8, 4) is 0 Å². The average Bonchev–Trinajstić information content (AvgIpc) is 2.37. The third-order valence-electron chi connectivity index (χ3n) is 3.65. The number of nitrogens with one attached hydrogen (secondary N) is 1. The van der Waals surface area contributed by atoms with E-state index in [9.17, 15) is 0 Å². The first-order chi connectivity index (χ1) is 8.66. The summed E-state index contributed by atoms with van der Waals surface area (Å²) in [5, 5.41) is 3.62. The van der Waals surface area contributed by atoms with Gasteiger partial charge in [-0.2, -0.15) is 0 Å². The summed E-state index contributed by atoms with van der Waals surface area (Å²) in [5.41, 5.74) is 1.28. The first-order valence-electron chi connectivity index (χ1n) is 7.09. The lowest BCUT2D eigenvalue weighted by Gasteiger charge is -2.34. The summed E-state index contributed by atoms with van der Waals surface area (Å²) in [5.74, 6) is 1.11. The van der Waals surface area contributed by atoms with Gasteiger partial charge in [-0.05, 0) is 57.9 Å². The van der Waals surface area contributed by atoms with Gasteiger partial charge in [0.05, 0.1) is 0 Å². The number of pyridine rings is 1. The Morgan fingerprint density at radius 3 is 2.89 bits per heavy atom. The molecule has 0 bridgehead atoms. The molecule has 0 spiro atoms. The summed E-state index contributed by atoms with van der Waals surface area (Å²) < 4.78 is 0. The fraction of sp³-hybridized carbons (Fsp3) is 0.667. The van der Waals surface area contributed by atoms with E-state index in [0.29, 0.717) is 12.1 Å². The molecule has 0 radical (unpaired) electrons. The molecule has 1 aromatic rings. The van der Waals surface area contributed by atoms with Crippen LogP contribution in [0, 0.1) is 6.92 Å². The zero-order valence-electron chi connectivity index (χ0n) is 11.8. The fourth-order valence-corrected chi connectivity index (χ4v) is 2.56. The molecule has 0 amide bonds. The largest absolute Gasteiger partial charge is 0.353 e. The first-order valence-corrected chi connectivity index (χ1v) is 7.09. The van der Waals surface area contributed by atoms with Gasteiger partial charge in [0, 0.05) is 24.8 Å². The molecule has 1 N–H and O–H groups in total. The van der Waals surface area contributed by atoms with Crippen LogP contribution in [0.1, 0.15) is 38.7 Å². The molecule has 1 saturated heterocycles. The monoisotopic (exact) mass is 247 g/mol. The van der Waals surface area contributed by atoms with Crippen molar-refractivity contribution in [1.82, 2.24) is 10.3 Å². The van der Waals surface area contributed by atoms with Crippen molar-refractivity contribution < 1.29 is 0 Å². The molecule has 3 heteroatoms. The quantitative estimate of drug-likeness (QED) is 0.886. The molecule has 1 atom stereocenters. The highest BCUT2D eigenvalue weighted by Gasteiger charge is 2.19. The minimum absolute atomic E-state index is 0.489. The van der Waals surface area contributed by atoms with E-state index in [2.05, 4.69) is 48.1 Å². The summed E-state index contributed by atoms with van der Waals surface area (Å²) in [6.07, 6.45) is 5.87. The number of rotatable bonds is 4. The lowest BCUT2D eigenvalue weighted by molar-refractivity contribution is 0.392. The first kappa shape index (κ1) is 13.3. The summed E-state index contributed by atoms with van der Waals surface area (Å²) in [7, 11) is 0. The Balaban J connectivity index is 2.07. The van der Waals surface area contributed by atoms with Crippen LogP contribution in [0.4, 0.5) is 5.82 Å². The Bertz CT molecular complexity index is 370. The molecular formula is C15H25N3. The molecule has 3 nitrogen and oxygen atoms in total. The van der Waals surface area contributed by atoms with Gasteiger partial charge in [-0.25, -0.2) is 4.98 Å². The van der Waals surface area contributed by atoms with Crippen LogP contribution in [-0.2, 0) is 0 Å². The highest BCUT2D eigenvalue weighted by atomic mass is 15.2. The predicted octanol–water partition coefficient (Wildman–Crippen LogP) is 2.75. The summed E-state index contributed by atoms with van der Waals surface area (Å²) in [6, 6.07) is 5.34. The zero-order valence-corrected chi connectivity index (χ0v) is 11.8. The lowest BCUT2D eigenvalue weighted by Crippen LogP contribution is -2.46. The number of hydrogen-bond acceptors (Lipinski definition) is 3. The summed E-state index contributed by atoms with van der Waals surface area (Å²) >= 11 is 0. The van der Waals surface area contributed by atoms with E-state index in [-0.39, 0.29) is 0 Å². The normalized spacial score (nSPS) is 20.1. The van der Waals surface area contributed by atoms with Crippen LogP contribution in [-0.4, -0.2) is 30.2 Å². The SMILES string of the molecule is Cc1ccnc(N(CC2CCCCN2)C(C)C)c1. The molecule has 0 saturated carbocycles. The zero-order chi connectivity index (χ0) is 13.0. The number of nitrogens with zero attached hydrogens (tertiary/aromatic N) is 2. The van der Waals surface area contributed by atoms with Gasteiger partial charge < -0.3 is 10.2 Å². The van der Waals surface area contributed by atoms with Gasteiger partial charge in [-0.15, -0.1) is 0 Å². The van der Waals surface area contributed by atoms with Gasteiger partial charge in [-0.3, -0.25) is 0 Å². The van der Waals surface area contributed by atoms with E-state index in [0.717, 1.165) is 18.9 Å². The van der Waals surface area contributed by atoms with Gasteiger partial charge in [0.1, 0.15) is 5.82 Å². The maximum atomic E-state index is 4.52. The lowest BCUT2D eigenvalue weighted by atomic mass is 10.0. The standard InChI is InChI=1S/C15H25N3/c1-12(2)18(11-14-6-4-5-8-16-14)15-10-13(3)7-9-17-15/h7,9-10,12,14,16H,4-6,8,11H2,1-3H3. The van der Waals surface area contributed by atoms with E-state index in [1.807, 2.05) is 6.20 Å². The van der Waals surface area contributed by atoms with Crippen molar-refractivity contribution in [3.05, 3.63) is 23.9 Å². The molecule has 100 valence electrons. The third kappa shape index (κ3) is 3.45. The molecule has 2 heterocycles. The molecule has 0 aliphatic carbocycles. The van der Waals surface area contributed by atoms with Gasteiger partial charge in [0.25, 0.3) is 0 Å².